The minimum Gasteiger partial charge on any atom is -0.488 e. The van der Waals surface area contributed by atoms with E-state index in [1.54, 1.807) is 6.07 Å². The summed E-state index contributed by atoms with van der Waals surface area (Å²) in [7, 11) is 0. The molecule has 0 bridgehead atoms. The molecule has 100 valence electrons. The van der Waals surface area contributed by atoms with E-state index in [9.17, 15) is 0 Å². The molecule has 0 amide bonds. The van der Waals surface area contributed by atoms with E-state index in [1.165, 1.54) is 0 Å². The number of hydrogen-bond donors (Lipinski definition) is 0. The van der Waals surface area contributed by atoms with Crippen molar-refractivity contribution in [3.05, 3.63) is 70.9 Å². The van der Waals surface area contributed by atoms with Crippen LogP contribution in [0.1, 0.15) is 11.1 Å². The maximum absolute atomic E-state index is 6.07. The zero-order chi connectivity index (χ0) is 13.9. The molecule has 1 heterocycles. The highest BCUT2D eigenvalue weighted by molar-refractivity contribution is 6.30. The van der Waals surface area contributed by atoms with E-state index in [0.717, 1.165) is 27.8 Å². The summed E-state index contributed by atoms with van der Waals surface area (Å²) in [6, 6.07) is 17.8. The van der Waals surface area contributed by atoms with Crippen LogP contribution < -0.4 is 4.74 Å². The molecule has 0 saturated heterocycles. The van der Waals surface area contributed by atoms with E-state index >= 15 is 0 Å². The summed E-state index contributed by atoms with van der Waals surface area (Å²) in [6.45, 7) is 2.57. The lowest BCUT2D eigenvalue weighted by Crippen LogP contribution is -1.97. The van der Waals surface area contributed by atoms with E-state index in [0.29, 0.717) is 11.8 Å². The van der Waals surface area contributed by atoms with Gasteiger partial charge in [0.2, 0.25) is 0 Å². The van der Waals surface area contributed by atoms with Gasteiger partial charge in [-0.3, -0.25) is 0 Å². The molecule has 0 aliphatic heterocycles. The van der Waals surface area contributed by atoms with E-state index in [1.807, 2.05) is 55.5 Å². The SMILES string of the molecule is Cc1cccc2nc(Cl)cc(OCc3ccccc3)c12. The molecule has 2 nitrogen and oxygen atoms in total. The fourth-order valence-corrected chi connectivity index (χ4v) is 2.43. The standard InChI is InChI=1S/C17H14ClNO/c1-12-6-5-9-14-17(12)15(10-16(18)19-14)20-11-13-7-3-2-4-8-13/h2-10H,11H2,1H3. The summed E-state index contributed by atoms with van der Waals surface area (Å²) in [4.78, 5) is 4.34. The minimum absolute atomic E-state index is 0.450. The molecule has 3 heteroatoms. The van der Waals surface area contributed by atoms with Crippen molar-refractivity contribution in [3.8, 4) is 5.75 Å². The molecule has 0 spiro atoms. The lowest BCUT2D eigenvalue weighted by atomic mass is 10.1. The zero-order valence-electron chi connectivity index (χ0n) is 11.1. The third kappa shape index (κ3) is 2.61. The van der Waals surface area contributed by atoms with Gasteiger partial charge in [0.1, 0.15) is 17.5 Å². The number of aryl methyl sites for hydroxylation is 1. The highest BCUT2D eigenvalue weighted by Crippen LogP contribution is 2.30. The van der Waals surface area contributed by atoms with Gasteiger partial charge < -0.3 is 4.74 Å². The predicted molar refractivity (Wildman–Crippen MR) is 82.3 cm³/mol. The quantitative estimate of drug-likeness (QED) is 0.646. The molecule has 3 rings (SSSR count). The average Bonchev–Trinajstić information content (AvgIpc) is 2.45. The molecule has 0 unspecified atom stereocenters. The van der Waals surface area contributed by atoms with E-state index in [4.69, 9.17) is 16.3 Å². The number of fused-ring (bicyclic) bond motifs is 1. The van der Waals surface area contributed by atoms with E-state index < -0.39 is 0 Å². The van der Waals surface area contributed by atoms with Gasteiger partial charge in [0.05, 0.1) is 5.52 Å². The average molecular weight is 284 g/mol. The van der Waals surface area contributed by atoms with Crippen LogP contribution in [0, 0.1) is 6.92 Å². The number of pyridine rings is 1. The highest BCUT2D eigenvalue weighted by atomic mass is 35.5. The van der Waals surface area contributed by atoms with Crippen LogP contribution in [0.4, 0.5) is 0 Å². The van der Waals surface area contributed by atoms with Crippen LogP contribution in [0.25, 0.3) is 10.9 Å². The Bertz CT molecular complexity index is 741. The smallest absolute Gasteiger partial charge is 0.133 e. The maximum Gasteiger partial charge on any atom is 0.133 e. The van der Waals surface area contributed by atoms with Crippen LogP contribution in [0.5, 0.6) is 5.75 Å². The molecular weight excluding hydrogens is 270 g/mol. The van der Waals surface area contributed by atoms with Crippen molar-refractivity contribution >= 4 is 22.5 Å². The Hall–Kier alpha value is -2.06. The fraction of sp³-hybridized carbons (Fsp3) is 0.118. The van der Waals surface area contributed by atoms with Crippen molar-refractivity contribution < 1.29 is 4.74 Å². The summed E-state index contributed by atoms with van der Waals surface area (Å²) in [5.41, 5.74) is 3.12. The normalized spacial score (nSPS) is 10.7. The number of nitrogens with zero attached hydrogens (tertiary/aromatic N) is 1. The predicted octanol–water partition coefficient (Wildman–Crippen LogP) is 4.78. The van der Waals surface area contributed by atoms with Crippen molar-refractivity contribution in [1.82, 2.24) is 4.98 Å². The Labute approximate surface area is 123 Å². The largest absolute Gasteiger partial charge is 0.488 e. The topological polar surface area (TPSA) is 22.1 Å². The van der Waals surface area contributed by atoms with Gasteiger partial charge in [0, 0.05) is 11.5 Å². The second-order valence-electron chi connectivity index (χ2n) is 4.69. The second-order valence-corrected chi connectivity index (χ2v) is 5.07. The zero-order valence-corrected chi connectivity index (χ0v) is 11.9. The van der Waals surface area contributed by atoms with Crippen molar-refractivity contribution in [2.75, 3.05) is 0 Å². The molecule has 0 N–H and O–H groups in total. The highest BCUT2D eigenvalue weighted by Gasteiger charge is 2.08. The summed E-state index contributed by atoms with van der Waals surface area (Å²) >= 11 is 6.07. The van der Waals surface area contributed by atoms with Gasteiger partial charge in [-0.05, 0) is 24.1 Å². The molecule has 0 fully saturated rings. The Balaban J connectivity index is 1.98. The molecule has 0 aliphatic rings. The molecule has 1 aromatic heterocycles. The first-order valence-corrected chi connectivity index (χ1v) is 6.84. The summed E-state index contributed by atoms with van der Waals surface area (Å²) in [6.07, 6.45) is 0. The van der Waals surface area contributed by atoms with E-state index in [-0.39, 0.29) is 0 Å². The monoisotopic (exact) mass is 283 g/mol. The van der Waals surface area contributed by atoms with Crippen LogP contribution in [0.3, 0.4) is 0 Å². The fourth-order valence-electron chi connectivity index (χ4n) is 2.24. The number of benzene rings is 2. The van der Waals surface area contributed by atoms with Crippen molar-refractivity contribution in [3.63, 3.8) is 0 Å². The Kier molecular flexibility index (Phi) is 3.57. The summed E-state index contributed by atoms with van der Waals surface area (Å²) < 4.78 is 5.94. The first-order valence-electron chi connectivity index (χ1n) is 6.46. The van der Waals surface area contributed by atoms with Crippen molar-refractivity contribution in [1.29, 1.82) is 0 Å². The third-order valence-electron chi connectivity index (χ3n) is 3.21. The Morgan fingerprint density at radius 3 is 2.65 bits per heavy atom. The van der Waals surface area contributed by atoms with Gasteiger partial charge in [0.15, 0.2) is 0 Å². The first-order chi connectivity index (χ1) is 9.74. The number of halogens is 1. The molecule has 0 aliphatic carbocycles. The van der Waals surface area contributed by atoms with Crippen molar-refractivity contribution in [2.24, 2.45) is 0 Å². The van der Waals surface area contributed by atoms with Crippen LogP contribution in [0.2, 0.25) is 5.15 Å². The Morgan fingerprint density at radius 1 is 1.05 bits per heavy atom. The molecule has 3 aromatic rings. The molecular formula is C17H14ClNO. The number of aromatic nitrogens is 1. The Morgan fingerprint density at radius 2 is 1.85 bits per heavy atom. The molecule has 2 aromatic carbocycles. The van der Waals surface area contributed by atoms with Gasteiger partial charge >= 0.3 is 0 Å². The number of rotatable bonds is 3. The van der Waals surface area contributed by atoms with Crippen molar-refractivity contribution in [2.45, 2.75) is 13.5 Å². The van der Waals surface area contributed by atoms with Gasteiger partial charge in [-0.25, -0.2) is 4.98 Å². The van der Waals surface area contributed by atoms with Crippen LogP contribution in [-0.2, 0) is 6.61 Å². The first kappa shape index (κ1) is 12.9. The summed E-state index contributed by atoms with van der Waals surface area (Å²) in [5.74, 6) is 0.780. The van der Waals surface area contributed by atoms with Gasteiger partial charge in [-0.15, -0.1) is 0 Å². The van der Waals surface area contributed by atoms with Crippen LogP contribution in [-0.4, -0.2) is 4.98 Å². The molecule has 0 radical (unpaired) electrons. The molecule has 0 saturated carbocycles. The van der Waals surface area contributed by atoms with Gasteiger partial charge in [-0.2, -0.15) is 0 Å². The number of ether oxygens (including phenoxy) is 1. The van der Waals surface area contributed by atoms with Crippen LogP contribution >= 0.6 is 11.6 Å². The number of hydrogen-bond acceptors (Lipinski definition) is 2. The summed E-state index contributed by atoms with van der Waals surface area (Å²) in [5, 5.41) is 1.47. The molecule has 0 atom stereocenters. The lowest BCUT2D eigenvalue weighted by molar-refractivity contribution is 0.310. The third-order valence-corrected chi connectivity index (χ3v) is 3.41. The molecule has 20 heavy (non-hydrogen) atoms. The lowest BCUT2D eigenvalue weighted by Gasteiger charge is -2.11. The van der Waals surface area contributed by atoms with Gasteiger partial charge in [0.25, 0.3) is 0 Å². The minimum atomic E-state index is 0.450. The maximum atomic E-state index is 6.07. The van der Waals surface area contributed by atoms with Gasteiger partial charge in [-0.1, -0.05) is 54.1 Å². The second kappa shape index (κ2) is 5.51. The van der Waals surface area contributed by atoms with E-state index in [2.05, 4.69) is 4.98 Å². The van der Waals surface area contributed by atoms with Crippen LogP contribution in [0.15, 0.2) is 54.6 Å².